The molecule has 0 aliphatic carbocycles. The predicted octanol–water partition coefficient (Wildman–Crippen LogP) is 0.514. The Morgan fingerprint density at radius 3 is 2.57 bits per heavy atom. The Balaban J connectivity index is 1.95. The third-order valence-corrected chi connectivity index (χ3v) is 2.65. The molecule has 2 rings (SSSR count). The van der Waals surface area contributed by atoms with Crippen LogP contribution in [-0.4, -0.2) is 28.3 Å². The molecule has 1 saturated heterocycles. The molecular formula is C9H16N4O. The van der Waals surface area contributed by atoms with Gasteiger partial charge < -0.3 is 5.73 Å². The molecule has 2 heterocycles. The largest absolute Gasteiger partial charge is 0.325 e. The van der Waals surface area contributed by atoms with E-state index in [-0.39, 0.29) is 0 Å². The first-order valence-electron chi connectivity index (χ1n) is 5.13. The second kappa shape index (κ2) is 4.52. The summed E-state index contributed by atoms with van der Waals surface area (Å²) in [7, 11) is 0. The van der Waals surface area contributed by atoms with Crippen molar-refractivity contribution in [2.75, 3.05) is 13.1 Å². The number of nitrogens with two attached hydrogens (primary N) is 1. The number of nitrogens with zero attached hydrogens (tertiary/aromatic N) is 3. The lowest BCUT2D eigenvalue weighted by atomic mass is 10.1. The lowest BCUT2D eigenvalue weighted by Crippen LogP contribution is -2.29. The maximum Gasteiger partial charge on any atom is 0.123 e. The van der Waals surface area contributed by atoms with Gasteiger partial charge in [-0.2, -0.15) is 0 Å². The van der Waals surface area contributed by atoms with Crippen LogP contribution in [0.4, 0.5) is 0 Å². The van der Waals surface area contributed by atoms with Gasteiger partial charge in [-0.05, 0) is 25.9 Å². The van der Waals surface area contributed by atoms with E-state index in [0.717, 1.165) is 31.0 Å². The van der Waals surface area contributed by atoms with E-state index in [4.69, 9.17) is 5.73 Å². The Kier molecular flexibility index (Phi) is 3.10. The summed E-state index contributed by atoms with van der Waals surface area (Å²) in [6.45, 7) is 3.54. The Morgan fingerprint density at radius 2 is 1.86 bits per heavy atom. The molecule has 5 nitrogen and oxygen atoms in total. The summed E-state index contributed by atoms with van der Waals surface area (Å²) in [5.74, 6) is 0. The van der Waals surface area contributed by atoms with E-state index in [1.807, 2.05) is 0 Å². The maximum absolute atomic E-state index is 5.52. The topological polar surface area (TPSA) is 68.2 Å². The van der Waals surface area contributed by atoms with Crippen molar-refractivity contribution in [3.8, 4) is 0 Å². The number of hydrogen-bond acceptors (Lipinski definition) is 5. The summed E-state index contributed by atoms with van der Waals surface area (Å²) in [6, 6.07) is 0. The minimum Gasteiger partial charge on any atom is -0.325 e. The van der Waals surface area contributed by atoms with Crippen molar-refractivity contribution < 1.29 is 4.63 Å². The van der Waals surface area contributed by atoms with Crippen molar-refractivity contribution in [2.45, 2.75) is 32.4 Å². The Morgan fingerprint density at radius 1 is 1.14 bits per heavy atom. The van der Waals surface area contributed by atoms with Crippen molar-refractivity contribution in [1.82, 2.24) is 15.2 Å². The fourth-order valence-corrected chi connectivity index (χ4v) is 1.83. The molecule has 0 atom stereocenters. The fraction of sp³-hybridized carbons (Fsp3) is 0.778. The second-order valence-electron chi connectivity index (χ2n) is 3.70. The number of hydrogen-bond donors (Lipinski definition) is 1. The number of aromatic nitrogens is 2. The van der Waals surface area contributed by atoms with Crippen LogP contribution in [0, 0.1) is 0 Å². The Bertz CT molecular complexity index is 280. The summed E-state index contributed by atoms with van der Waals surface area (Å²) in [5.41, 5.74) is 7.20. The SMILES string of the molecule is NCc1nonc1CN1CCCCC1. The lowest BCUT2D eigenvalue weighted by Gasteiger charge is -2.25. The van der Waals surface area contributed by atoms with Gasteiger partial charge in [-0.25, -0.2) is 4.63 Å². The molecule has 0 saturated carbocycles. The fourth-order valence-electron chi connectivity index (χ4n) is 1.83. The maximum atomic E-state index is 5.52. The molecule has 14 heavy (non-hydrogen) atoms. The van der Waals surface area contributed by atoms with Gasteiger partial charge in [-0.15, -0.1) is 0 Å². The van der Waals surface area contributed by atoms with Crippen LogP contribution in [0.15, 0.2) is 4.63 Å². The van der Waals surface area contributed by atoms with E-state index in [1.54, 1.807) is 0 Å². The summed E-state index contributed by atoms with van der Waals surface area (Å²) in [5, 5.41) is 7.64. The van der Waals surface area contributed by atoms with Gasteiger partial charge in [-0.3, -0.25) is 4.90 Å². The first kappa shape index (κ1) is 9.61. The quantitative estimate of drug-likeness (QED) is 0.763. The Labute approximate surface area is 83.2 Å². The zero-order valence-electron chi connectivity index (χ0n) is 8.28. The zero-order valence-corrected chi connectivity index (χ0v) is 8.28. The van der Waals surface area contributed by atoms with Crippen molar-refractivity contribution >= 4 is 0 Å². The molecule has 0 spiro atoms. The molecule has 1 aliphatic heterocycles. The molecule has 0 unspecified atom stereocenters. The third kappa shape index (κ3) is 2.10. The standard InChI is InChI=1S/C9H16N4O/c10-6-8-9(12-14-11-8)7-13-4-2-1-3-5-13/h1-7,10H2. The monoisotopic (exact) mass is 196 g/mol. The summed E-state index contributed by atoms with van der Waals surface area (Å²) >= 11 is 0. The van der Waals surface area contributed by atoms with Crippen LogP contribution in [0.2, 0.25) is 0 Å². The van der Waals surface area contributed by atoms with Crippen LogP contribution >= 0.6 is 0 Å². The van der Waals surface area contributed by atoms with Gasteiger partial charge in [-0.1, -0.05) is 16.7 Å². The van der Waals surface area contributed by atoms with Crippen LogP contribution < -0.4 is 5.73 Å². The number of piperidine rings is 1. The minimum atomic E-state index is 0.409. The highest BCUT2D eigenvalue weighted by Crippen LogP contribution is 2.13. The summed E-state index contributed by atoms with van der Waals surface area (Å²) in [6.07, 6.45) is 3.91. The van der Waals surface area contributed by atoms with E-state index in [1.165, 1.54) is 19.3 Å². The predicted molar refractivity (Wildman–Crippen MR) is 51.3 cm³/mol. The average Bonchev–Trinajstić information content (AvgIpc) is 2.67. The van der Waals surface area contributed by atoms with Gasteiger partial charge in [0.25, 0.3) is 0 Å². The molecule has 1 aromatic rings. The van der Waals surface area contributed by atoms with Crippen LogP contribution in [0.1, 0.15) is 30.7 Å². The van der Waals surface area contributed by atoms with E-state index in [2.05, 4.69) is 19.8 Å². The molecule has 5 heteroatoms. The van der Waals surface area contributed by atoms with Gasteiger partial charge in [0, 0.05) is 13.1 Å². The highest BCUT2D eigenvalue weighted by molar-refractivity contribution is 5.06. The first-order chi connectivity index (χ1) is 6.90. The van der Waals surface area contributed by atoms with Crippen LogP contribution in [0.3, 0.4) is 0 Å². The van der Waals surface area contributed by atoms with E-state index in [0.29, 0.717) is 6.54 Å². The second-order valence-corrected chi connectivity index (χ2v) is 3.70. The van der Waals surface area contributed by atoms with Crippen LogP contribution in [-0.2, 0) is 13.1 Å². The highest BCUT2D eigenvalue weighted by atomic mass is 16.6. The highest BCUT2D eigenvalue weighted by Gasteiger charge is 2.15. The molecular weight excluding hydrogens is 180 g/mol. The smallest absolute Gasteiger partial charge is 0.123 e. The van der Waals surface area contributed by atoms with Crippen LogP contribution in [0.5, 0.6) is 0 Å². The van der Waals surface area contributed by atoms with Gasteiger partial charge in [0.2, 0.25) is 0 Å². The zero-order chi connectivity index (χ0) is 9.80. The molecule has 78 valence electrons. The normalized spacial score (nSPS) is 18.6. The molecule has 0 aromatic carbocycles. The molecule has 1 aliphatic rings. The van der Waals surface area contributed by atoms with Crippen molar-refractivity contribution in [3.05, 3.63) is 11.4 Å². The van der Waals surface area contributed by atoms with E-state index in [9.17, 15) is 0 Å². The van der Waals surface area contributed by atoms with Gasteiger partial charge in [0.05, 0.1) is 0 Å². The van der Waals surface area contributed by atoms with Crippen molar-refractivity contribution in [1.29, 1.82) is 0 Å². The minimum absolute atomic E-state index is 0.409. The molecule has 0 bridgehead atoms. The van der Waals surface area contributed by atoms with E-state index < -0.39 is 0 Å². The summed E-state index contributed by atoms with van der Waals surface area (Å²) < 4.78 is 4.67. The third-order valence-electron chi connectivity index (χ3n) is 2.65. The first-order valence-corrected chi connectivity index (χ1v) is 5.13. The average molecular weight is 196 g/mol. The summed E-state index contributed by atoms with van der Waals surface area (Å²) in [4.78, 5) is 2.38. The molecule has 0 amide bonds. The Hall–Kier alpha value is -0.940. The molecule has 2 N–H and O–H groups in total. The lowest BCUT2D eigenvalue weighted by molar-refractivity contribution is 0.212. The van der Waals surface area contributed by atoms with E-state index >= 15 is 0 Å². The van der Waals surface area contributed by atoms with Gasteiger partial charge >= 0.3 is 0 Å². The van der Waals surface area contributed by atoms with Crippen molar-refractivity contribution in [3.63, 3.8) is 0 Å². The van der Waals surface area contributed by atoms with Gasteiger partial charge in [0.15, 0.2) is 0 Å². The molecule has 0 radical (unpaired) electrons. The molecule has 1 fully saturated rings. The van der Waals surface area contributed by atoms with Crippen LogP contribution in [0.25, 0.3) is 0 Å². The molecule has 1 aromatic heterocycles. The number of likely N-dealkylation sites (tertiary alicyclic amines) is 1. The van der Waals surface area contributed by atoms with Gasteiger partial charge in [0.1, 0.15) is 11.4 Å². The number of rotatable bonds is 3. The van der Waals surface area contributed by atoms with Crippen molar-refractivity contribution in [2.24, 2.45) is 5.73 Å².